The van der Waals surface area contributed by atoms with Crippen molar-refractivity contribution in [3.63, 3.8) is 0 Å². The predicted octanol–water partition coefficient (Wildman–Crippen LogP) is 3.78. The molecule has 0 saturated heterocycles. The maximum Gasteiger partial charge on any atom is 0.265 e. The smallest absolute Gasteiger partial charge is 0.265 e. The minimum Gasteiger partial charge on any atom is -0.280 e. The molecule has 1 aliphatic carbocycles. The number of hydrogen-bond donors (Lipinski definition) is 1. The van der Waals surface area contributed by atoms with Gasteiger partial charge in [0.2, 0.25) is 0 Å². The first-order valence-electron chi connectivity index (χ1n) is 8.72. The fourth-order valence-electron chi connectivity index (χ4n) is 3.68. The Morgan fingerprint density at radius 1 is 1.00 bits per heavy atom. The van der Waals surface area contributed by atoms with E-state index in [4.69, 9.17) is 0 Å². The molecule has 4 rings (SSSR count). The van der Waals surface area contributed by atoms with Gasteiger partial charge in [-0.3, -0.25) is 4.72 Å². The molecule has 1 N–H and O–H groups in total. The molecule has 0 aliphatic heterocycles. The summed E-state index contributed by atoms with van der Waals surface area (Å²) in [6.45, 7) is 3.51. The van der Waals surface area contributed by atoms with Gasteiger partial charge in [0.25, 0.3) is 10.0 Å². The van der Waals surface area contributed by atoms with Crippen molar-refractivity contribution >= 4 is 15.7 Å². The van der Waals surface area contributed by atoms with E-state index in [0.717, 1.165) is 24.9 Å². The van der Waals surface area contributed by atoms with Crippen LogP contribution < -0.4 is 4.72 Å². The Morgan fingerprint density at radius 2 is 1.73 bits per heavy atom. The molecule has 0 bridgehead atoms. The van der Waals surface area contributed by atoms with Crippen LogP contribution in [0.4, 0.5) is 5.69 Å². The molecule has 1 aromatic heterocycles. The highest BCUT2D eigenvalue weighted by Gasteiger charge is 2.25. The predicted molar refractivity (Wildman–Crippen MR) is 102 cm³/mol. The largest absolute Gasteiger partial charge is 0.280 e. The van der Waals surface area contributed by atoms with E-state index in [1.165, 1.54) is 11.1 Å². The highest BCUT2D eigenvalue weighted by molar-refractivity contribution is 7.92. The number of fused-ring (bicyclic) bond motifs is 1. The van der Waals surface area contributed by atoms with E-state index in [2.05, 4.69) is 9.82 Å². The summed E-state index contributed by atoms with van der Waals surface area (Å²) in [5.74, 6) is 0. The number of benzene rings is 2. The Kier molecular flexibility index (Phi) is 4.07. The van der Waals surface area contributed by atoms with E-state index in [-0.39, 0.29) is 4.90 Å². The average Bonchev–Trinajstić information content (AvgIpc) is 3.19. The molecule has 0 saturated carbocycles. The van der Waals surface area contributed by atoms with Crippen LogP contribution in [0.5, 0.6) is 0 Å². The number of anilines is 1. The van der Waals surface area contributed by atoms with Crippen molar-refractivity contribution in [3.05, 3.63) is 71.0 Å². The van der Waals surface area contributed by atoms with Crippen LogP contribution in [0.2, 0.25) is 0 Å². The van der Waals surface area contributed by atoms with E-state index in [0.29, 0.717) is 17.1 Å². The highest BCUT2D eigenvalue weighted by Crippen LogP contribution is 2.28. The first-order chi connectivity index (χ1) is 12.5. The Hall–Kier alpha value is -2.60. The molecule has 1 aliphatic rings. The van der Waals surface area contributed by atoms with E-state index in [1.54, 1.807) is 18.5 Å². The van der Waals surface area contributed by atoms with Gasteiger partial charge in [0.1, 0.15) is 4.90 Å². The SMILES string of the molecule is Cc1nn(-c2ccccc2)c(C)c1S(=O)(=O)Nc1ccc2c(c1)CCC2. The highest BCUT2D eigenvalue weighted by atomic mass is 32.2. The normalized spacial score (nSPS) is 13.6. The molecule has 0 spiro atoms. The minimum absolute atomic E-state index is 0.238. The van der Waals surface area contributed by atoms with Gasteiger partial charge in [-0.05, 0) is 68.5 Å². The van der Waals surface area contributed by atoms with Crippen molar-refractivity contribution in [2.75, 3.05) is 4.72 Å². The second-order valence-electron chi connectivity index (χ2n) is 6.69. The van der Waals surface area contributed by atoms with E-state index < -0.39 is 10.0 Å². The molecule has 1 heterocycles. The van der Waals surface area contributed by atoms with Gasteiger partial charge in [-0.25, -0.2) is 13.1 Å². The van der Waals surface area contributed by atoms with E-state index in [9.17, 15) is 8.42 Å². The number of rotatable bonds is 4. The van der Waals surface area contributed by atoms with Gasteiger partial charge in [0.15, 0.2) is 0 Å². The van der Waals surface area contributed by atoms with E-state index >= 15 is 0 Å². The van der Waals surface area contributed by atoms with Gasteiger partial charge < -0.3 is 0 Å². The summed E-state index contributed by atoms with van der Waals surface area (Å²) in [6, 6.07) is 15.4. The number of aryl methyl sites for hydroxylation is 3. The summed E-state index contributed by atoms with van der Waals surface area (Å²) >= 11 is 0. The van der Waals surface area contributed by atoms with Crippen LogP contribution in [-0.2, 0) is 22.9 Å². The van der Waals surface area contributed by atoms with Crippen LogP contribution in [0.15, 0.2) is 53.4 Å². The first-order valence-corrected chi connectivity index (χ1v) is 10.2. The Labute approximate surface area is 153 Å². The van der Waals surface area contributed by atoms with Gasteiger partial charge in [-0.2, -0.15) is 5.10 Å². The summed E-state index contributed by atoms with van der Waals surface area (Å²) in [5.41, 5.74) is 5.09. The zero-order valence-corrected chi connectivity index (χ0v) is 15.7. The molecule has 0 atom stereocenters. The fraction of sp³-hybridized carbons (Fsp3) is 0.250. The molecule has 5 nitrogen and oxygen atoms in total. The number of nitrogens with zero attached hydrogens (tertiary/aromatic N) is 2. The summed E-state index contributed by atoms with van der Waals surface area (Å²) in [6.07, 6.45) is 3.22. The standard InChI is InChI=1S/C20H21N3O2S/c1-14-20(15(2)23(21-14)19-9-4-3-5-10-19)26(24,25)22-18-12-11-16-7-6-8-17(16)13-18/h3-5,9-13,22H,6-8H2,1-2H3. The monoisotopic (exact) mass is 367 g/mol. The molecule has 6 heteroatoms. The van der Waals surface area contributed by atoms with Crippen LogP contribution in [0.3, 0.4) is 0 Å². The van der Waals surface area contributed by atoms with Gasteiger partial charge in [-0.15, -0.1) is 0 Å². The van der Waals surface area contributed by atoms with Crippen molar-refractivity contribution in [1.82, 2.24) is 9.78 Å². The molecule has 3 aromatic rings. The number of aromatic nitrogens is 2. The third-order valence-electron chi connectivity index (χ3n) is 4.85. The van der Waals surface area contributed by atoms with Crippen molar-refractivity contribution in [2.24, 2.45) is 0 Å². The molecule has 0 unspecified atom stereocenters. The molecular weight excluding hydrogens is 346 g/mol. The third kappa shape index (κ3) is 2.90. The Balaban J connectivity index is 1.71. The first kappa shape index (κ1) is 16.8. The van der Waals surface area contributed by atoms with Gasteiger partial charge in [0, 0.05) is 5.69 Å². The lowest BCUT2D eigenvalue weighted by atomic mass is 10.1. The van der Waals surface area contributed by atoms with Crippen molar-refractivity contribution in [1.29, 1.82) is 0 Å². The topological polar surface area (TPSA) is 64.0 Å². The van der Waals surface area contributed by atoms with Crippen LogP contribution in [-0.4, -0.2) is 18.2 Å². The Bertz CT molecular complexity index is 1070. The van der Waals surface area contributed by atoms with Gasteiger partial charge in [0.05, 0.1) is 17.1 Å². The van der Waals surface area contributed by atoms with E-state index in [1.807, 2.05) is 48.5 Å². The lowest BCUT2D eigenvalue weighted by molar-refractivity contribution is 0.600. The third-order valence-corrected chi connectivity index (χ3v) is 6.48. The number of sulfonamides is 1. The average molecular weight is 367 g/mol. The van der Waals surface area contributed by atoms with Crippen LogP contribution in [0.1, 0.15) is 28.9 Å². The van der Waals surface area contributed by atoms with Crippen molar-refractivity contribution < 1.29 is 8.42 Å². The molecule has 2 aromatic carbocycles. The maximum absolute atomic E-state index is 13.0. The number of nitrogens with one attached hydrogen (secondary N) is 1. The zero-order valence-electron chi connectivity index (χ0n) is 14.9. The van der Waals surface area contributed by atoms with Crippen LogP contribution in [0, 0.1) is 13.8 Å². The molecule has 0 amide bonds. The number of hydrogen-bond acceptors (Lipinski definition) is 3. The molecule has 134 valence electrons. The maximum atomic E-state index is 13.0. The minimum atomic E-state index is -3.71. The molecule has 0 radical (unpaired) electrons. The second-order valence-corrected chi connectivity index (χ2v) is 8.31. The Morgan fingerprint density at radius 3 is 2.50 bits per heavy atom. The lowest BCUT2D eigenvalue weighted by Crippen LogP contribution is -2.15. The molecule has 0 fully saturated rings. The van der Waals surface area contributed by atoms with Crippen molar-refractivity contribution in [2.45, 2.75) is 38.0 Å². The zero-order chi connectivity index (χ0) is 18.3. The fourth-order valence-corrected chi connectivity index (χ4v) is 5.12. The van der Waals surface area contributed by atoms with Gasteiger partial charge >= 0.3 is 0 Å². The van der Waals surface area contributed by atoms with Crippen LogP contribution in [0.25, 0.3) is 5.69 Å². The summed E-state index contributed by atoms with van der Waals surface area (Å²) < 4.78 is 30.5. The number of para-hydroxylation sites is 1. The second kappa shape index (κ2) is 6.29. The lowest BCUT2D eigenvalue weighted by Gasteiger charge is -2.10. The summed E-state index contributed by atoms with van der Waals surface area (Å²) in [7, 11) is -3.71. The van der Waals surface area contributed by atoms with Gasteiger partial charge in [-0.1, -0.05) is 24.3 Å². The quantitative estimate of drug-likeness (QED) is 0.763. The van der Waals surface area contributed by atoms with Crippen molar-refractivity contribution in [3.8, 4) is 5.69 Å². The molecular formula is C20H21N3O2S. The molecule has 26 heavy (non-hydrogen) atoms. The summed E-state index contributed by atoms with van der Waals surface area (Å²) in [4.78, 5) is 0.238. The van der Waals surface area contributed by atoms with Crippen LogP contribution >= 0.6 is 0 Å². The summed E-state index contributed by atoms with van der Waals surface area (Å²) in [5, 5.41) is 4.44.